The topological polar surface area (TPSA) is 92.4 Å². The van der Waals surface area contributed by atoms with Crippen molar-refractivity contribution < 1.29 is 14.7 Å². The summed E-state index contributed by atoms with van der Waals surface area (Å²) in [6, 6.07) is -0.0263. The second-order valence-electron chi connectivity index (χ2n) is 5.94. The van der Waals surface area contributed by atoms with E-state index in [4.69, 9.17) is 5.73 Å². The number of hydrogen-bond acceptors (Lipinski definition) is 3. The largest absolute Gasteiger partial charge is 0.481 e. The van der Waals surface area contributed by atoms with Crippen LogP contribution in [0.15, 0.2) is 0 Å². The maximum atomic E-state index is 12.0. The molecule has 0 aliphatic heterocycles. The summed E-state index contributed by atoms with van der Waals surface area (Å²) in [5, 5.41) is 12.1. The van der Waals surface area contributed by atoms with E-state index in [0.29, 0.717) is 6.54 Å². The Labute approximate surface area is 113 Å². The van der Waals surface area contributed by atoms with Gasteiger partial charge in [-0.05, 0) is 31.6 Å². The highest BCUT2D eigenvalue weighted by Crippen LogP contribution is 2.30. The Morgan fingerprint density at radius 2 is 1.74 bits per heavy atom. The van der Waals surface area contributed by atoms with Crippen molar-refractivity contribution in [1.29, 1.82) is 0 Å². The Morgan fingerprint density at radius 1 is 1.05 bits per heavy atom. The van der Waals surface area contributed by atoms with E-state index in [9.17, 15) is 14.7 Å². The summed E-state index contributed by atoms with van der Waals surface area (Å²) in [6.07, 6.45) is 6.47. The van der Waals surface area contributed by atoms with Gasteiger partial charge in [0, 0.05) is 12.6 Å². The van der Waals surface area contributed by atoms with Crippen LogP contribution in [0.3, 0.4) is 0 Å². The Kier molecular flexibility index (Phi) is 4.80. The fourth-order valence-electron chi connectivity index (χ4n) is 3.45. The molecule has 0 heterocycles. The van der Waals surface area contributed by atoms with Crippen molar-refractivity contribution >= 4 is 11.9 Å². The summed E-state index contributed by atoms with van der Waals surface area (Å²) >= 11 is 0. The van der Waals surface area contributed by atoms with Gasteiger partial charge in [-0.15, -0.1) is 0 Å². The number of nitrogens with two attached hydrogens (primary N) is 1. The van der Waals surface area contributed by atoms with Gasteiger partial charge in [-0.3, -0.25) is 9.59 Å². The lowest BCUT2D eigenvalue weighted by atomic mass is 9.79. The Hall–Kier alpha value is -1.10. The predicted octanol–water partition coefficient (Wildman–Crippen LogP) is 1.12. The minimum Gasteiger partial charge on any atom is -0.481 e. The first-order valence-corrected chi connectivity index (χ1v) is 7.35. The second-order valence-corrected chi connectivity index (χ2v) is 5.94. The fraction of sp³-hybridized carbons (Fsp3) is 0.857. The summed E-state index contributed by atoms with van der Waals surface area (Å²) < 4.78 is 0. The highest BCUT2D eigenvalue weighted by molar-refractivity contribution is 5.79. The van der Waals surface area contributed by atoms with E-state index in [2.05, 4.69) is 5.32 Å². The summed E-state index contributed by atoms with van der Waals surface area (Å²) in [5.41, 5.74) is 5.91. The molecular formula is C14H24N2O3. The van der Waals surface area contributed by atoms with Gasteiger partial charge in [-0.1, -0.05) is 19.3 Å². The molecule has 2 fully saturated rings. The lowest BCUT2D eigenvalue weighted by Gasteiger charge is -2.29. The van der Waals surface area contributed by atoms with Crippen LogP contribution in [0.5, 0.6) is 0 Å². The Morgan fingerprint density at radius 3 is 2.37 bits per heavy atom. The molecule has 2 aliphatic carbocycles. The third-order valence-electron chi connectivity index (χ3n) is 4.67. The first-order valence-electron chi connectivity index (χ1n) is 7.35. The highest BCUT2D eigenvalue weighted by Gasteiger charge is 2.33. The van der Waals surface area contributed by atoms with Gasteiger partial charge in [0.15, 0.2) is 0 Å². The molecule has 0 aromatic heterocycles. The van der Waals surface area contributed by atoms with Gasteiger partial charge in [0.2, 0.25) is 5.91 Å². The quantitative estimate of drug-likeness (QED) is 0.712. The molecule has 2 saturated carbocycles. The van der Waals surface area contributed by atoms with Crippen LogP contribution in [-0.2, 0) is 9.59 Å². The molecule has 0 aromatic rings. The number of carbonyl (C=O) groups excluding carboxylic acids is 1. The molecule has 4 N–H and O–H groups in total. The van der Waals surface area contributed by atoms with Crippen molar-refractivity contribution in [1.82, 2.24) is 5.32 Å². The van der Waals surface area contributed by atoms with Gasteiger partial charge in [0.25, 0.3) is 0 Å². The van der Waals surface area contributed by atoms with Crippen LogP contribution in [0.1, 0.15) is 44.9 Å². The molecule has 5 heteroatoms. The molecule has 19 heavy (non-hydrogen) atoms. The number of aliphatic carboxylic acids is 1. The predicted molar refractivity (Wildman–Crippen MR) is 71.4 cm³/mol. The molecule has 5 nitrogen and oxygen atoms in total. The average Bonchev–Trinajstić information content (AvgIpc) is 2.82. The van der Waals surface area contributed by atoms with E-state index in [1.54, 1.807) is 0 Å². The van der Waals surface area contributed by atoms with Gasteiger partial charge in [0.05, 0.1) is 11.8 Å². The number of carboxylic acids is 1. The SMILES string of the molecule is NC1CCCC1C(=O)NCC1CCCCC1C(=O)O. The molecule has 4 unspecified atom stereocenters. The maximum Gasteiger partial charge on any atom is 0.306 e. The van der Waals surface area contributed by atoms with E-state index in [0.717, 1.165) is 44.9 Å². The second kappa shape index (κ2) is 6.37. The van der Waals surface area contributed by atoms with Crippen LogP contribution in [0.25, 0.3) is 0 Å². The third-order valence-corrected chi connectivity index (χ3v) is 4.67. The molecular weight excluding hydrogens is 244 g/mol. The lowest BCUT2D eigenvalue weighted by molar-refractivity contribution is -0.145. The summed E-state index contributed by atoms with van der Waals surface area (Å²) in [6.45, 7) is 0.485. The van der Waals surface area contributed by atoms with Gasteiger partial charge in [0.1, 0.15) is 0 Å². The van der Waals surface area contributed by atoms with Crippen LogP contribution >= 0.6 is 0 Å². The number of carboxylic acid groups (broad SMARTS) is 1. The van der Waals surface area contributed by atoms with E-state index in [1.807, 2.05) is 0 Å². The molecule has 0 saturated heterocycles. The van der Waals surface area contributed by atoms with Crippen molar-refractivity contribution in [2.75, 3.05) is 6.54 Å². The van der Waals surface area contributed by atoms with Crippen molar-refractivity contribution in [3.05, 3.63) is 0 Å². The zero-order valence-electron chi connectivity index (χ0n) is 11.3. The summed E-state index contributed by atoms with van der Waals surface area (Å²) in [7, 11) is 0. The Bertz CT molecular complexity index is 346. The van der Waals surface area contributed by atoms with Gasteiger partial charge in [-0.25, -0.2) is 0 Å². The molecule has 0 spiro atoms. The van der Waals surface area contributed by atoms with Crippen molar-refractivity contribution in [3.8, 4) is 0 Å². The standard InChI is InChI=1S/C14H24N2O3/c15-12-7-3-6-11(12)13(17)16-8-9-4-1-2-5-10(9)14(18)19/h9-12H,1-8,15H2,(H,16,17)(H,18,19). The van der Waals surface area contributed by atoms with Crippen LogP contribution in [-0.4, -0.2) is 29.6 Å². The zero-order chi connectivity index (χ0) is 13.8. The number of rotatable bonds is 4. The van der Waals surface area contributed by atoms with Crippen LogP contribution in [0.4, 0.5) is 0 Å². The van der Waals surface area contributed by atoms with Gasteiger partial charge in [-0.2, -0.15) is 0 Å². The normalized spacial score (nSPS) is 35.0. The highest BCUT2D eigenvalue weighted by atomic mass is 16.4. The summed E-state index contributed by atoms with van der Waals surface area (Å²) in [5.74, 6) is -1.01. The molecule has 0 bridgehead atoms. The Balaban J connectivity index is 1.83. The van der Waals surface area contributed by atoms with Gasteiger partial charge >= 0.3 is 5.97 Å². The van der Waals surface area contributed by atoms with E-state index in [1.165, 1.54) is 0 Å². The minimum absolute atomic E-state index is 0.0136. The molecule has 4 atom stereocenters. The molecule has 0 aromatic carbocycles. The number of hydrogen-bond donors (Lipinski definition) is 3. The van der Waals surface area contributed by atoms with Crippen LogP contribution < -0.4 is 11.1 Å². The van der Waals surface area contributed by atoms with Crippen molar-refractivity contribution in [2.24, 2.45) is 23.5 Å². The zero-order valence-corrected chi connectivity index (χ0v) is 11.3. The van der Waals surface area contributed by atoms with E-state index >= 15 is 0 Å². The fourth-order valence-corrected chi connectivity index (χ4v) is 3.45. The number of nitrogens with one attached hydrogen (secondary N) is 1. The third kappa shape index (κ3) is 3.47. The van der Waals surface area contributed by atoms with Gasteiger partial charge < -0.3 is 16.2 Å². The first kappa shape index (κ1) is 14.3. The van der Waals surface area contributed by atoms with E-state index in [-0.39, 0.29) is 29.7 Å². The number of carbonyl (C=O) groups is 2. The van der Waals surface area contributed by atoms with Crippen molar-refractivity contribution in [3.63, 3.8) is 0 Å². The molecule has 2 aliphatic rings. The van der Waals surface area contributed by atoms with Crippen LogP contribution in [0.2, 0.25) is 0 Å². The maximum absolute atomic E-state index is 12.0. The first-order chi connectivity index (χ1) is 9.09. The lowest BCUT2D eigenvalue weighted by Crippen LogP contribution is -2.42. The molecule has 1 amide bonds. The molecule has 0 radical (unpaired) electrons. The molecule has 2 rings (SSSR count). The number of amides is 1. The minimum atomic E-state index is -0.725. The van der Waals surface area contributed by atoms with Crippen LogP contribution in [0, 0.1) is 17.8 Å². The van der Waals surface area contributed by atoms with Crippen molar-refractivity contribution in [2.45, 2.75) is 51.0 Å². The smallest absolute Gasteiger partial charge is 0.306 e. The van der Waals surface area contributed by atoms with E-state index < -0.39 is 5.97 Å². The molecule has 108 valence electrons. The summed E-state index contributed by atoms with van der Waals surface area (Å²) in [4.78, 5) is 23.2. The monoisotopic (exact) mass is 268 g/mol. The average molecular weight is 268 g/mol.